The molecule has 2 aromatic carbocycles. The number of rotatable bonds is 6. The summed E-state index contributed by atoms with van der Waals surface area (Å²) in [5.74, 6) is 0. The predicted molar refractivity (Wildman–Crippen MR) is 113 cm³/mol. The summed E-state index contributed by atoms with van der Waals surface area (Å²) < 4.78 is 1.91. The third-order valence-electron chi connectivity index (χ3n) is 4.83. The van der Waals surface area contributed by atoms with Gasteiger partial charge in [0.2, 0.25) is 0 Å². The van der Waals surface area contributed by atoms with Gasteiger partial charge in [-0.3, -0.25) is 0 Å². The van der Waals surface area contributed by atoms with Gasteiger partial charge in [0.1, 0.15) is 0 Å². The van der Waals surface area contributed by atoms with Gasteiger partial charge in [0.05, 0.1) is 17.4 Å². The summed E-state index contributed by atoms with van der Waals surface area (Å²) in [4.78, 5) is 12.5. The zero-order valence-corrected chi connectivity index (χ0v) is 17.1. The first-order chi connectivity index (χ1) is 13.5. The molecular formula is C22H25ClN4O. The number of halogens is 1. The Morgan fingerprint density at radius 1 is 1.14 bits per heavy atom. The van der Waals surface area contributed by atoms with Crippen LogP contribution in [0.4, 0.5) is 4.79 Å². The van der Waals surface area contributed by atoms with Crippen molar-refractivity contribution >= 4 is 17.6 Å². The van der Waals surface area contributed by atoms with Gasteiger partial charge in [-0.15, -0.1) is 0 Å². The van der Waals surface area contributed by atoms with Gasteiger partial charge in [-0.1, -0.05) is 48.9 Å². The topological polar surface area (TPSA) is 59.0 Å². The van der Waals surface area contributed by atoms with Crippen LogP contribution in [0.5, 0.6) is 0 Å². The number of amides is 2. The molecule has 28 heavy (non-hydrogen) atoms. The van der Waals surface area contributed by atoms with E-state index in [9.17, 15) is 4.79 Å². The first kappa shape index (κ1) is 20.0. The first-order valence-electron chi connectivity index (χ1n) is 9.40. The largest absolute Gasteiger partial charge is 0.334 e. The highest BCUT2D eigenvalue weighted by Crippen LogP contribution is 2.21. The molecule has 1 atom stereocenters. The van der Waals surface area contributed by atoms with E-state index in [1.54, 1.807) is 0 Å². The number of carbonyl (C=O) groups excluding carboxylic acids is 1. The molecule has 146 valence electrons. The molecule has 0 saturated carbocycles. The number of para-hydroxylation sites is 1. The van der Waals surface area contributed by atoms with Crippen LogP contribution in [0, 0.1) is 13.8 Å². The van der Waals surface area contributed by atoms with E-state index >= 15 is 0 Å². The predicted octanol–water partition coefficient (Wildman–Crippen LogP) is 5.09. The molecule has 2 amide bonds. The average Bonchev–Trinajstić information content (AvgIpc) is 2.99. The van der Waals surface area contributed by atoms with Gasteiger partial charge in [-0.2, -0.15) is 5.10 Å². The summed E-state index contributed by atoms with van der Waals surface area (Å²) >= 11 is 6.07. The smallest absolute Gasteiger partial charge is 0.315 e. The fraction of sp³-hybridized carbons (Fsp3) is 0.273. The minimum absolute atomic E-state index is 0.0899. The van der Waals surface area contributed by atoms with Crippen molar-refractivity contribution in [2.45, 2.75) is 39.8 Å². The van der Waals surface area contributed by atoms with Crippen LogP contribution in [0.15, 0.2) is 54.6 Å². The summed E-state index contributed by atoms with van der Waals surface area (Å²) in [6, 6.07) is 17.2. The summed E-state index contributed by atoms with van der Waals surface area (Å²) in [5, 5.41) is 11.3. The van der Waals surface area contributed by atoms with E-state index in [0.717, 1.165) is 34.6 Å². The molecule has 1 aromatic heterocycles. The van der Waals surface area contributed by atoms with Crippen LogP contribution in [-0.2, 0) is 6.54 Å². The molecule has 0 fully saturated rings. The summed E-state index contributed by atoms with van der Waals surface area (Å²) in [6.45, 7) is 6.43. The van der Waals surface area contributed by atoms with E-state index < -0.39 is 0 Å². The molecule has 3 rings (SSSR count). The Labute approximate surface area is 170 Å². The van der Waals surface area contributed by atoms with Crippen molar-refractivity contribution in [3.05, 3.63) is 82.1 Å². The Balaban J connectivity index is 1.67. The highest BCUT2D eigenvalue weighted by atomic mass is 35.5. The minimum atomic E-state index is -0.210. The van der Waals surface area contributed by atoms with E-state index in [1.807, 2.05) is 80.1 Å². The van der Waals surface area contributed by atoms with Crippen molar-refractivity contribution < 1.29 is 4.79 Å². The number of hydrogen-bond donors (Lipinski definition) is 2. The lowest BCUT2D eigenvalue weighted by atomic mass is 10.1. The van der Waals surface area contributed by atoms with Gasteiger partial charge in [-0.05, 0) is 50.1 Å². The van der Waals surface area contributed by atoms with Crippen molar-refractivity contribution in [1.82, 2.24) is 20.4 Å². The zero-order chi connectivity index (χ0) is 20.1. The van der Waals surface area contributed by atoms with Crippen LogP contribution in [0.1, 0.15) is 41.9 Å². The number of hydrogen-bond acceptors (Lipinski definition) is 2. The molecule has 6 heteroatoms. The number of aryl methyl sites for hydroxylation is 1. The Bertz CT molecular complexity index is 952. The van der Waals surface area contributed by atoms with E-state index in [0.29, 0.717) is 11.6 Å². The second-order valence-corrected chi connectivity index (χ2v) is 7.18. The van der Waals surface area contributed by atoms with E-state index in [-0.39, 0.29) is 12.1 Å². The Kier molecular flexibility index (Phi) is 6.37. The minimum Gasteiger partial charge on any atom is -0.334 e. The standard InChI is InChI=1S/C22H25ClN4O/c1-4-21(17-9-8-10-18(23)13-17)25-22(28)24-14-20-15(2)26-27(16(20)3)19-11-6-5-7-12-19/h5-13,21H,4,14H2,1-3H3,(H2,24,25,28). The van der Waals surface area contributed by atoms with Gasteiger partial charge < -0.3 is 10.6 Å². The molecule has 0 saturated heterocycles. The van der Waals surface area contributed by atoms with Gasteiger partial charge >= 0.3 is 6.03 Å². The number of benzene rings is 2. The first-order valence-corrected chi connectivity index (χ1v) is 9.77. The highest BCUT2D eigenvalue weighted by molar-refractivity contribution is 6.30. The van der Waals surface area contributed by atoms with Crippen LogP contribution < -0.4 is 10.6 Å². The molecule has 3 aromatic rings. The normalized spacial score (nSPS) is 11.9. The third kappa shape index (κ3) is 4.54. The van der Waals surface area contributed by atoms with Crippen LogP contribution in [0.25, 0.3) is 5.69 Å². The SMILES string of the molecule is CCC(NC(=O)NCc1c(C)nn(-c2ccccc2)c1C)c1cccc(Cl)c1. The molecule has 0 bridgehead atoms. The number of nitrogens with zero attached hydrogens (tertiary/aromatic N) is 2. The average molecular weight is 397 g/mol. The lowest BCUT2D eigenvalue weighted by Crippen LogP contribution is -2.37. The number of nitrogens with one attached hydrogen (secondary N) is 2. The number of urea groups is 1. The van der Waals surface area contributed by atoms with Crippen molar-refractivity contribution in [3.63, 3.8) is 0 Å². The van der Waals surface area contributed by atoms with Gasteiger partial charge in [0.25, 0.3) is 0 Å². The molecule has 0 aliphatic heterocycles. The monoisotopic (exact) mass is 396 g/mol. The van der Waals surface area contributed by atoms with E-state index in [2.05, 4.69) is 15.7 Å². The van der Waals surface area contributed by atoms with Crippen molar-refractivity contribution in [2.24, 2.45) is 0 Å². The molecule has 0 aliphatic carbocycles. The molecule has 0 spiro atoms. The fourth-order valence-corrected chi connectivity index (χ4v) is 3.47. The molecule has 1 heterocycles. The third-order valence-corrected chi connectivity index (χ3v) is 5.07. The van der Waals surface area contributed by atoms with Crippen molar-refractivity contribution in [3.8, 4) is 5.69 Å². The fourth-order valence-electron chi connectivity index (χ4n) is 3.27. The van der Waals surface area contributed by atoms with Crippen LogP contribution in [-0.4, -0.2) is 15.8 Å². The Morgan fingerprint density at radius 3 is 2.57 bits per heavy atom. The van der Waals surface area contributed by atoms with Crippen LogP contribution >= 0.6 is 11.6 Å². The zero-order valence-electron chi connectivity index (χ0n) is 16.4. The lowest BCUT2D eigenvalue weighted by molar-refractivity contribution is 0.236. The van der Waals surface area contributed by atoms with Crippen molar-refractivity contribution in [2.75, 3.05) is 0 Å². The second-order valence-electron chi connectivity index (χ2n) is 6.74. The second kappa shape index (κ2) is 8.93. The molecule has 1 unspecified atom stereocenters. The quantitative estimate of drug-likeness (QED) is 0.609. The lowest BCUT2D eigenvalue weighted by Gasteiger charge is -2.18. The highest BCUT2D eigenvalue weighted by Gasteiger charge is 2.16. The molecule has 5 nitrogen and oxygen atoms in total. The van der Waals surface area contributed by atoms with Gasteiger partial charge in [-0.25, -0.2) is 9.48 Å². The molecule has 0 radical (unpaired) electrons. The van der Waals surface area contributed by atoms with Gasteiger partial charge in [0, 0.05) is 22.8 Å². The molecular weight excluding hydrogens is 372 g/mol. The maximum Gasteiger partial charge on any atom is 0.315 e. The van der Waals surface area contributed by atoms with Crippen molar-refractivity contribution in [1.29, 1.82) is 0 Å². The molecule has 0 aliphatic rings. The van der Waals surface area contributed by atoms with Gasteiger partial charge in [0.15, 0.2) is 0 Å². The Hall–Kier alpha value is -2.79. The Morgan fingerprint density at radius 2 is 1.89 bits per heavy atom. The van der Waals surface area contributed by atoms with Crippen LogP contribution in [0.2, 0.25) is 5.02 Å². The number of aromatic nitrogens is 2. The van der Waals surface area contributed by atoms with E-state index in [1.165, 1.54) is 0 Å². The van der Waals surface area contributed by atoms with E-state index in [4.69, 9.17) is 11.6 Å². The maximum atomic E-state index is 12.5. The molecule has 2 N–H and O–H groups in total. The van der Waals surface area contributed by atoms with Crippen LogP contribution in [0.3, 0.4) is 0 Å². The maximum absolute atomic E-state index is 12.5. The summed E-state index contributed by atoms with van der Waals surface area (Å²) in [5.41, 5.74) is 4.95. The number of carbonyl (C=O) groups is 1. The summed E-state index contributed by atoms with van der Waals surface area (Å²) in [6.07, 6.45) is 0.776. The summed E-state index contributed by atoms with van der Waals surface area (Å²) in [7, 11) is 0.